The molecular formula is C10H14BrN3O5. The highest BCUT2D eigenvalue weighted by atomic mass is 79.9. The fourth-order valence-electron chi connectivity index (χ4n) is 1.83. The van der Waals surface area contributed by atoms with Crippen molar-refractivity contribution in [3.8, 4) is 0 Å². The van der Waals surface area contributed by atoms with Crippen LogP contribution in [0, 0.1) is 0 Å². The molecule has 1 aliphatic heterocycles. The molecule has 9 heteroatoms. The molecule has 1 saturated heterocycles. The van der Waals surface area contributed by atoms with Crippen LogP contribution in [-0.2, 0) is 23.8 Å². The standard InChI is InChI=1S/C10H14BrN3O5/c1-4-8(18-5(2)15)9(19-6(3)16)7(13-14-12)10(11)17-4/h4,7-10H,1-3H3/t4-,7-,8+,9-,10-/m0/s1. The van der Waals surface area contributed by atoms with Crippen LogP contribution in [0.3, 0.4) is 0 Å². The van der Waals surface area contributed by atoms with Gasteiger partial charge in [0.2, 0.25) is 0 Å². The van der Waals surface area contributed by atoms with Crippen LogP contribution < -0.4 is 0 Å². The van der Waals surface area contributed by atoms with Gasteiger partial charge in [0.05, 0.1) is 6.10 Å². The maximum atomic E-state index is 11.2. The van der Waals surface area contributed by atoms with Crippen LogP contribution >= 0.6 is 15.9 Å². The maximum absolute atomic E-state index is 11.2. The number of carbonyl (C=O) groups is 2. The van der Waals surface area contributed by atoms with Crippen LogP contribution in [0.25, 0.3) is 10.4 Å². The molecule has 0 radical (unpaired) electrons. The molecule has 0 amide bonds. The zero-order valence-corrected chi connectivity index (χ0v) is 12.2. The molecule has 0 spiro atoms. The monoisotopic (exact) mass is 335 g/mol. The molecule has 1 aliphatic rings. The molecule has 106 valence electrons. The molecule has 1 rings (SSSR count). The highest BCUT2D eigenvalue weighted by molar-refractivity contribution is 9.09. The van der Waals surface area contributed by atoms with Crippen molar-refractivity contribution in [3.63, 3.8) is 0 Å². The van der Waals surface area contributed by atoms with Crippen LogP contribution in [-0.4, -0.2) is 41.3 Å². The second-order valence-electron chi connectivity index (χ2n) is 4.04. The van der Waals surface area contributed by atoms with Crippen molar-refractivity contribution >= 4 is 27.9 Å². The summed E-state index contributed by atoms with van der Waals surface area (Å²) in [5, 5.41) is 2.90. The van der Waals surface area contributed by atoms with Crippen molar-refractivity contribution in [1.82, 2.24) is 0 Å². The predicted molar refractivity (Wildman–Crippen MR) is 67.3 cm³/mol. The normalized spacial score (nSPS) is 34.0. The smallest absolute Gasteiger partial charge is 0.303 e. The topological polar surface area (TPSA) is 111 Å². The largest absolute Gasteiger partial charge is 0.458 e. The number of alkyl halides is 1. The van der Waals surface area contributed by atoms with Gasteiger partial charge in [-0.15, -0.1) is 0 Å². The third-order valence-electron chi connectivity index (χ3n) is 2.53. The zero-order valence-electron chi connectivity index (χ0n) is 10.6. The lowest BCUT2D eigenvalue weighted by Gasteiger charge is -2.40. The lowest BCUT2D eigenvalue weighted by atomic mass is 9.99. The van der Waals surface area contributed by atoms with Crippen molar-refractivity contribution in [2.75, 3.05) is 0 Å². The van der Waals surface area contributed by atoms with E-state index < -0.39 is 41.3 Å². The molecule has 8 nitrogen and oxygen atoms in total. The zero-order chi connectivity index (χ0) is 14.6. The third kappa shape index (κ3) is 4.09. The Kier molecular flexibility index (Phi) is 5.59. The minimum absolute atomic E-state index is 0.511. The van der Waals surface area contributed by atoms with Crippen molar-refractivity contribution in [2.24, 2.45) is 5.11 Å². The molecule has 0 saturated carbocycles. The van der Waals surface area contributed by atoms with Crippen molar-refractivity contribution < 1.29 is 23.8 Å². The number of esters is 2. The van der Waals surface area contributed by atoms with E-state index >= 15 is 0 Å². The molecular weight excluding hydrogens is 322 g/mol. The van der Waals surface area contributed by atoms with Gasteiger partial charge in [0.15, 0.2) is 12.2 Å². The van der Waals surface area contributed by atoms with Crippen molar-refractivity contribution in [2.45, 2.75) is 50.1 Å². The number of nitrogens with zero attached hydrogens (tertiary/aromatic N) is 3. The molecule has 19 heavy (non-hydrogen) atoms. The molecule has 0 aromatic carbocycles. The highest BCUT2D eigenvalue weighted by Gasteiger charge is 2.47. The first-order valence-corrected chi connectivity index (χ1v) is 6.46. The molecule has 1 heterocycles. The molecule has 0 bridgehead atoms. The van der Waals surface area contributed by atoms with E-state index in [4.69, 9.17) is 19.7 Å². The summed E-state index contributed by atoms with van der Waals surface area (Å²) in [4.78, 5) is 24.9. The Labute approximate surface area is 118 Å². The van der Waals surface area contributed by atoms with E-state index in [-0.39, 0.29) is 0 Å². The Morgan fingerprint density at radius 2 is 1.79 bits per heavy atom. The summed E-state index contributed by atoms with van der Waals surface area (Å²) in [6.45, 7) is 4.13. The molecule has 5 atom stereocenters. The summed E-state index contributed by atoms with van der Waals surface area (Å²) >= 11 is 3.20. The average molecular weight is 336 g/mol. The fraction of sp³-hybridized carbons (Fsp3) is 0.800. The summed E-state index contributed by atoms with van der Waals surface area (Å²) < 4.78 is 15.7. The van der Waals surface area contributed by atoms with Crippen LogP contribution in [0.15, 0.2) is 5.11 Å². The maximum Gasteiger partial charge on any atom is 0.303 e. The van der Waals surface area contributed by atoms with E-state index in [1.165, 1.54) is 13.8 Å². The lowest BCUT2D eigenvalue weighted by Crippen LogP contribution is -2.57. The lowest BCUT2D eigenvalue weighted by molar-refractivity contribution is -0.197. The molecule has 0 aromatic heterocycles. The number of azide groups is 1. The summed E-state index contributed by atoms with van der Waals surface area (Å²) in [5.74, 6) is -1.10. The van der Waals surface area contributed by atoms with Crippen molar-refractivity contribution in [1.29, 1.82) is 0 Å². The Morgan fingerprint density at radius 3 is 2.26 bits per heavy atom. The second-order valence-corrected chi connectivity index (χ2v) is 4.94. The van der Waals surface area contributed by atoms with Crippen molar-refractivity contribution in [3.05, 3.63) is 10.4 Å². The Hall–Kier alpha value is -1.31. The van der Waals surface area contributed by atoms with Gasteiger partial charge in [-0.1, -0.05) is 21.0 Å². The van der Waals surface area contributed by atoms with Crippen LogP contribution in [0.4, 0.5) is 0 Å². The van der Waals surface area contributed by atoms with Gasteiger partial charge < -0.3 is 14.2 Å². The molecule has 0 N–H and O–H groups in total. The number of carbonyl (C=O) groups excluding carboxylic acids is 2. The third-order valence-corrected chi connectivity index (χ3v) is 3.28. The van der Waals surface area contributed by atoms with Crippen LogP contribution in [0.2, 0.25) is 0 Å². The van der Waals surface area contributed by atoms with E-state index in [1.807, 2.05) is 0 Å². The Balaban J connectivity index is 3.05. The van der Waals surface area contributed by atoms with Gasteiger partial charge >= 0.3 is 11.9 Å². The molecule has 0 unspecified atom stereocenters. The molecule has 0 aliphatic carbocycles. The summed E-state index contributed by atoms with van der Waals surface area (Å²) in [7, 11) is 0. The number of halogens is 1. The first kappa shape index (κ1) is 15.7. The van der Waals surface area contributed by atoms with Gasteiger partial charge in [-0.25, -0.2) is 0 Å². The van der Waals surface area contributed by atoms with E-state index in [0.29, 0.717) is 0 Å². The predicted octanol–water partition coefficient (Wildman–Crippen LogP) is 1.67. The Bertz CT molecular complexity index is 412. The van der Waals surface area contributed by atoms with Gasteiger partial charge in [-0.3, -0.25) is 9.59 Å². The van der Waals surface area contributed by atoms with Crippen LogP contribution in [0.5, 0.6) is 0 Å². The van der Waals surface area contributed by atoms with E-state index in [1.54, 1.807) is 6.92 Å². The van der Waals surface area contributed by atoms with E-state index in [9.17, 15) is 9.59 Å². The second kappa shape index (κ2) is 6.74. The van der Waals surface area contributed by atoms with Gasteiger partial charge in [0.1, 0.15) is 11.1 Å². The van der Waals surface area contributed by atoms with Crippen LogP contribution in [0.1, 0.15) is 20.8 Å². The number of rotatable bonds is 3. The quantitative estimate of drug-likeness (QED) is 0.256. The summed E-state index contributed by atoms with van der Waals surface area (Å²) in [6, 6.07) is -0.825. The average Bonchev–Trinajstić information content (AvgIpc) is 2.28. The number of hydrogen-bond donors (Lipinski definition) is 0. The van der Waals surface area contributed by atoms with Gasteiger partial charge in [0, 0.05) is 18.8 Å². The SMILES string of the molecule is CC(=O)O[C@H]1[C@H](N=[N+]=[N-])[C@@H](Br)O[C@@H](C)[C@H]1OC(C)=O. The minimum atomic E-state index is -0.898. The number of ether oxygens (including phenoxy) is 3. The fourth-order valence-corrected chi connectivity index (χ4v) is 2.58. The van der Waals surface area contributed by atoms with E-state index in [2.05, 4.69) is 26.0 Å². The molecule has 1 fully saturated rings. The summed E-state index contributed by atoms with van der Waals surface area (Å²) in [5.41, 5.74) is 8.56. The van der Waals surface area contributed by atoms with Gasteiger partial charge in [-0.05, 0) is 12.5 Å². The first-order valence-electron chi connectivity index (χ1n) is 5.55. The Morgan fingerprint density at radius 1 is 1.26 bits per heavy atom. The highest BCUT2D eigenvalue weighted by Crippen LogP contribution is 2.31. The molecule has 0 aromatic rings. The summed E-state index contributed by atoms with van der Waals surface area (Å²) in [6.07, 6.45) is -2.24. The van der Waals surface area contributed by atoms with Gasteiger partial charge in [-0.2, -0.15) is 0 Å². The van der Waals surface area contributed by atoms with E-state index in [0.717, 1.165) is 0 Å². The van der Waals surface area contributed by atoms with Gasteiger partial charge in [0.25, 0.3) is 0 Å². The minimum Gasteiger partial charge on any atom is -0.458 e. The first-order chi connectivity index (χ1) is 8.86. The number of hydrogen-bond acceptors (Lipinski definition) is 6.